The van der Waals surface area contributed by atoms with Crippen molar-refractivity contribution in [2.75, 3.05) is 26.2 Å². The van der Waals surface area contributed by atoms with E-state index < -0.39 is 24.0 Å². The molecule has 11 nitrogen and oxygen atoms in total. The quantitative estimate of drug-likeness (QED) is 0.212. The predicted molar refractivity (Wildman–Crippen MR) is 159 cm³/mol. The van der Waals surface area contributed by atoms with Gasteiger partial charge in [-0.15, -0.1) is 0 Å². The van der Waals surface area contributed by atoms with Crippen LogP contribution in [-0.2, 0) is 41.9 Å². The number of carbonyl (C=O) groups excluding carboxylic acids is 5. The average Bonchev–Trinajstić information content (AvgIpc) is 3.02. The summed E-state index contributed by atoms with van der Waals surface area (Å²) in [6, 6.07) is 18.0. The second kappa shape index (κ2) is 18.2. The van der Waals surface area contributed by atoms with Crippen LogP contribution < -0.4 is 16.0 Å². The number of nitrogens with one attached hydrogen (secondary N) is 3. The molecule has 43 heavy (non-hydrogen) atoms. The van der Waals surface area contributed by atoms with Crippen molar-refractivity contribution >= 4 is 29.8 Å². The van der Waals surface area contributed by atoms with Crippen LogP contribution in [0.4, 0.5) is 4.79 Å². The highest BCUT2D eigenvalue weighted by atomic mass is 16.5. The van der Waals surface area contributed by atoms with E-state index in [-0.39, 0.29) is 50.4 Å². The minimum absolute atomic E-state index is 0.0537. The van der Waals surface area contributed by atoms with Crippen LogP contribution in [0.2, 0.25) is 0 Å². The van der Waals surface area contributed by atoms with Crippen LogP contribution in [0.5, 0.6) is 0 Å². The summed E-state index contributed by atoms with van der Waals surface area (Å²) >= 11 is 0. The molecule has 232 valence electrons. The van der Waals surface area contributed by atoms with Gasteiger partial charge in [0.1, 0.15) is 19.3 Å². The molecule has 1 fully saturated rings. The topological polar surface area (TPSA) is 143 Å². The molecule has 2 aromatic rings. The van der Waals surface area contributed by atoms with Crippen molar-refractivity contribution in [2.24, 2.45) is 5.92 Å². The van der Waals surface area contributed by atoms with Crippen LogP contribution >= 0.6 is 0 Å². The monoisotopic (exact) mass is 594 g/mol. The Labute approximate surface area is 252 Å². The van der Waals surface area contributed by atoms with Crippen LogP contribution in [0.1, 0.15) is 56.6 Å². The third kappa shape index (κ3) is 12.6. The number of benzene rings is 2. The molecule has 1 unspecified atom stereocenters. The maximum absolute atomic E-state index is 13.3. The minimum Gasteiger partial charge on any atom is -0.461 e. The van der Waals surface area contributed by atoms with E-state index in [4.69, 9.17) is 9.47 Å². The molecule has 2 atom stereocenters. The number of nitrogens with zero attached hydrogens (tertiary/aromatic N) is 1. The Kier molecular flexibility index (Phi) is 14.0. The third-order valence-corrected chi connectivity index (χ3v) is 7.05. The molecule has 1 aliphatic rings. The standard InChI is InChI=1S/C32H42N4O7/c1-24(37)35-28(16-8-9-18-34-32(41)43-23-26-13-6-3-7-14-26)31(40)36-20-10-15-27(21-36)30(39)33-19-17-29(38)42-22-25-11-4-2-5-12-25/h2-7,11-14,27-28H,8-10,15-23H2,1H3,(H,33,39)(H,34,41)(H,35,37)/t27?,28-/m1/s1. The van der Waals surface area contributed by atoms with E-state index in [9.17, 15) is 24.0 Å². The SMILES string of the molecule is CC(=O)N[C@H](CCCCNC(=O)OCc1ccccc1)C(=O)N1CCCC(C(=O)NCCC(=O)OCc2ccccc2)C1. The summed E-state index contributed by atoms with van der Waals surface area (Å²) in [4.78, 5) is 63.5. The maximum atomic E-state index is 13.3. The molecule has 0 saturated carbocycles. The zero-order valence-corrected chi connectivity index (χ0v) is 24.7. The van der Waals surface area contributed by atoms with Crippen molar-refractivity contribution < 1.29 is 33.4 Å². The van der Waals surface area contributed by atoms with Crippen LogP contribution in [-0.4, -0.2) is 66.9 Å². The molecule has 3 rings (SSSR count). The van der Waals surface area contributed by atoms with Crippen LogP contribution in [0.25, 0.3) is 0 Å². The first-order chi connectivity index (χ1) is 20.8. The zero-order valence-electron chi connectivity index (χ0n) is 24.7. The Morgan fingerprint density at radius 2 is 1.51 bits per heavy atom. The van der Waals surface area contributed by atoms with Gasteiger partial charge in [-0.2, -0.15) is 0 Å². The molecule has 0 bridgehead atoms. The van der Waals surface area contributed by atoms with Gasteiger partial charge in [-0.05, 0) is 43.2 Å². The number of unbranched alkanes of at least 4 members (excludes halogenated alkanes) is 1. The van der Waals surface area contributed by atoms with Crippen molar-refractivity contribution in [3.8, 4) is 0 Å². The van der Waals surface area contributed by atoms with E-state index in [1.807, 2.05) is 60.7 Å². The van der Waals surface area contributed by atoms with E-state index >= 15 is 0 Å². The second-order valence-electron chi connectivity index (χ2n) is 10.5. The van der Waals surface area contributed by atoms with Crippen LogP contribution in [0.15, 0.2) is 60.7 Å². The number of carbonyl (C=O) groups is 5. The van der Waals surface area contributed by atoms with Crippen molar-refractivity contribution in [3.05, 3.63) is 71.8 Å². The van der Waals surface area contributed by atoms with Gasteiger partial charge in [0.25, 0.3) is 0 Å². The van der Waals surface area contributed by atoms with Gasteiger partial charge in [0.2, 0.25) is 17.7 Å². The number of amides is 4. The Morgan fingerprint density at radius 1 is 0.860 bits per heavy atom. The largest absolute Gasteiger partial charge is 0.461 e. The molecule has 1 saturated heterocycles. The average molecular weight is 595 g/mol. The smallest absolute Gasteiger partial charge is 0.407 e. The van der Waals surface area contributed by atoms with Gasteiger partial charge in [-0.3, -0.25) is 19.2 Å². The van der Waals surface area contributed by atoms with Gasteiger partial charge in [-0.25, -0.2) is 4.79 Å². The van der Waals surface area contributed by atoms with Crippen molar-refractivity contribution in [3.63, 3.8) is 0 Å². The lowest BCUT2D eigenvalue weighted by Crippen LogP contribution is -2.52. The van der Waals surface area contributed by atoms with E-state index in [1.54, 1.807) is 4.90 Å². The fourth-order valence-corrected chi connectivity index (χ4v) is 4.79. The maximum Gasteiger partial charge on any atom is 0.407 e. The van der Waals surface area contributed by atoms with Crippen LogP contribution in [0, 0.1) is 5.92 Å². The first-order valence-electron chi connectivity index (χ1n) is 14.8. The number of hydrogen-bond donors (Lipinski definition) is 3. The minimum atomic E-state index is -0.719. The lowest BCUT2D eigenvalue weighted by molar-refractivity contribution is -0.144. The number of hydrogen-bond acceptors (Lipinski definition) is 7. The summed E-state index contributed by atoms with van der Waals surface area (Å²) < 4.78 is 10.4. The van der Waals surface area contributed by atoms with E-state index in [2.05, 4.69) is 16.0 Å². The molecule has 0 spiro atoms. The second-order valence-corrected chi connectivity index (χ2v) is 10.5. The van der Waals surface area contributed by atoms with Gasteiger partial charge < -0.3 is 30.3 Å². The highest BCUT2D eigenvalue weighted by Gasteiger charge is 2.32. The molecule has 2 aromatic carbocycles. The molecular formula is C32H42N4O7. The Morgan fingerprint density at radius 3 is 2.16 bits per heavy atom. The number of rotatable bonds is 15. The summed E-state index contributed by atoms with van der Waals surface area (Å²) in [6.45, 7) is 3.00. The first-order valence-corrected chi connectivity index (χ1v) is 14.8. The molecular weight excluding hydrogens is 552 g/mol. The lowest BCUT2D eigenvalue weighted by atomic mass is 9.96. The Bertz CT molecular complexity index is 1190. The Hall–Kier alpha value is -4.41. The normalized spacial score (nSPS) is 15.1. The number of alkyl carbamates (subject to hydrolysis) is 1. The number of ether oxygens (including phenoxy) is 2. The van der Waals surface area contributed by atoms with Gasteiger partial charge >= 0.3 is 12.1 Å². The van der Waals surface area contributed by atoms with E-state index in [1.165, 1.54) is 6.92 Å². The fraction of sp³-hybridized carbons (Fsp3) is 0.469. The predicted octanol–water partition coefficient (Wildman–Crippen LogP) is 3.08. The number of esters is 1. The molecule has 4 amide bonds. The number of likely N-dealkylation sites (tertiary alicyclic amines) is 1. The molecule has 0 aromatic heterocycles. The fourth-order valence-electron chi connectivity index (χ4n) is 4.79. The van der Waals surface area contributed by atoms with Crippen molar-refractivity contribution in [1.29, 1.82) is 0 Å². The molecule has 1 heterocycles. The zero-order chi connectivity index (χ0) is 30.9. The highest BCUT2D eigenvalue weighted by Crippen LogP contribution is 2.19. The highest BCUT2D eigenvalue weighted by molar-refractivity contribution is 5.88. The molecule has 0 aliphatic carbocycles. The van der Waals surface area contributed by atoms with Gasteiger partial charge in [0.15, 0.2) is 0 Å². The van der Waals surface area contributed by atoms with Crippen LogP contribution in [0.3, 0.4) is 0 Å². The summed E-state index contributed by atoms with van der Waals surface area (Å²) in [5.41, 5.74) is 1.78. The van der Waals surface area contributed by atoms with E-state index in [0.717, 1.165) is 11.1 Å². The number of piperidine rings is 1. The molecule has 11 heteroatoms. The van der Waals surface area contributed by atoms with Crippen molar-refractivity contribution in [1.82, 2.24) is 20.9 Å². The summed E-state index contributed by atoms with van der Waals surface area (Å²) in [5.74, 6) is -1.56. The molecule has 0 radical (unpaired) electrons. The van der Waals surface area contributed by atoms with Gasteiger partial charge in [-0.1, -0.05) is 60.7 Å². The van der Waals surface area contributed by atoms with E-state index in [0.29, 0.717) is 45.2 Å². The van der Waals surface area contributed by atoms with Gasteiger partial charge in [0, 0.05) is 33.1 Å². The molecule has 1 aliphatic heterocycles. The molecule has 3 N–H and O–H groups in total. The summed E-state index contributed by atoms with van der Waals surface area (Å²) in [6.07, 6.45) is 2.42. The first kappa shape index (κ1) is 33.1. The summed E-state index contributed by atoms with van der Waals surface area (Å²) in [5, 5.41) is 8.22. The van der Waals surface area contributed by atoms with Gasteiger partial charge in [0.05, 0.1) is 12.3 Å². The summed E-state index contributed by atoms with van der Waals surface area (Å²) in [7, 11) is 0. The Balaban J connectivity index is 1.36. The third-order valence-electron chi connectivity index (χ3n) is 7.05. The van der Waals surface area contributed by atoms with Crippen molar-refractivity contribution in [2.45, 2.75) is 64.7 Å². The lowest BCUT2D eigenvalue weighted by Gasteiger charge is -2.34.